The maximum absolute atomic E-state index is 12.5. The summed E-state index contributed by atoms with van der Waals surface area (Å²) in [6.07, 6.45) is -0.395. The number of carbonyl (C=O) groups excluding carboxylic acids is 2. The lowest BCUT2D eigenvalue weighted by atomic mass is 10.0. The molecular weight excluding hydrogens is 310 g/mol. The lowest BCUT2D eigenvalue weighted by Crippen LogP contribution is -2.39. The monoisotopic (exact) mass is 335 g/mol. The molecule has 1 aliphatic heterocycles. The molecule has 0 saturated carbocycles. The first-order valence-electron chi connectivity index (χ1n) is 8.16. The van der Waals surface area contributed by atoms with Crippen LogP contribution in [0.15, 0.2) is 18.2 Å². The van der Waals surface area contributed by atoms with Gasteiger partial charge in [-0.3, -0.25) is 4.90 Å². The lowest BCUT2D eigenvalue weighted by Gasteiger charge is -2.30. The Balaban J connectivity index is 2.30. The number of hydrogen-bond donors (Lipinski definition) is 0. The summed E-state index contributed by atoms with van der Waals surface area (Å²) in [5.41, 5.74) is 0.639. The van der Waals surface area contributed by atoms with Gasteiger partial charge in [0.2, 0.25) is 0 Å². The Morgan fingerprint density at radius 2 is 2.04 bits per heavy atom. The lowest BCUT2D eigenvalue weighted by molar-refractivity contribution is 0.0167. The molecule has 0 N–H and O–H groups in total. The number of benzene rings is 1. The van der Waals surface area contributed by atoms with Crippen molar-refractivity contribution in [2.45, 2.75) is 46.3 Å². The van der Waals surface area contributed by atoms with E-state index in [1.54, 1.807) is 30.0 Å². The van der Waals surface area contributed by atoms with E-state index in [0.717, 1.165) is 5.56 Å². The molecule has 0 aliphatic carbocycles. The molecule has 1 heterocycles. The number of fused-ring (bicyclic) bond motifs is 1. The van der Waals surface area contributed by atoms with Crippen molar-refractivity contribution >= 4 is 12.1 Å². The molecule has 0 saturated heterocycles. The Labute approximate surface area is 142 Å². The van der Waals surface area contributed by atoms with Crippen LogP contribution in [-0.2, 0) is 9.47 Å². The Bertz CT molecular complexity index is 620. The fraction of sp³-hybridized carbons (Fsp3) is 0.556. The van der Waals surface area contributed by atoms with Crippen LogP contribution in [0.3, 0.4) is 0 Å². The van der Waals surface area contributed by atoms with E-state index in [9.17, 15) is 9.59 Å². The van der Waals surface area contributed by atoms with E-state index in [4.69, 9.17) is 14.2 Å². The van der Waals surface area contributed by atoms with Crippen molar-refractivity contribution in [3.8, 4) is 5.75 Å². The fourth-order valence-corrected chi connectivity index (χ4v) is 2.53. The minimum atomic E-state index is -0.570. The van der Waals surface area contributed by atoms with Crippen LogP contribution in [0.5, 0.6) is 5.75 Å². The molecule has 0 spiro atoms. The molecule has 1 aromatic rings. The quantitative estimate of drug-likeness (QED) is 0.773. The van der Waals surface area contributed by atoms with Gasteiger partial charge >= 0.3 is 12.1 Å². The summed E-state index contributed by atoms with van der Waals surface area (Å²) in [6, 6.07) is 4.87. The van der Waals surface area contributed by atoms with Gasteiger partial charge in [-0.2, -0.15) is 0 Å². The Morgan fingerprint density at radius 1 is 1.33 bits per heavy atom. The summed E-state index contributed by atoms with van der Waals surface area (Å²) in [4.78, 5) is 26.0. The van der Waals surface area contributed by atoms with Crippen LogP contribution in [0.25, 0.3) is 0 Å². The van der Waals surface area contributed by atoms with E-state index in [-0.39, 0.29) is 12.0 Å². The van der Waals surface area contributed by atoms with E-state index in [1.165, 1.54) is 0 Å². The summed E-state index contributed by atoms with van der Waals surface area (Å²) in [5, 5.41) is 0. The number of carbonyl (C=O) groups is 2. The third kappa shape index (κ3) is 4.19. The minimum absolute atomic E-state index is 0.272. The average Bonchev–Trinajstić information content (AvgIpc) is 2.65. The maximum atomic E-state index is 12.5. The van der Waals surface area contributed by atoms with Gasteiger partial charge in [-0.05, 0) is 52.8 Å². The van der Waals surface area contributed by atoms with E-state index in [1.807, 2.05) is 27.7 Å². The molecule has 1 atom stereocenters. The molecule has 0 bridgehead atoms. The van der Waals surface area contributed by atoms with Crippen molar-refractivity contribution in [3.63, 3.8) is 0 Å². The zero-order valence-electron chi connectivity index (χ0n) is 14.9. The largest absolute Gasteiger partial charge is 0.491 e. The highest BCUT2D eigenvalue weighted by Crippen LogP contribution is 2.33. The molecule has 0 fully saturated rings. The molecule has 0 radical (unpaired) electrons. The van der Waals surface area contributed by atoms with Crippen molar-refractivity contribution in [3.05, 3.63) is 29.3 Å². The van der Waals surface area contributed by atoms with Crippen LogP contribution in [0.1, 0.15) is 56.6 Å². The molecule has 24 heavy (non-hydrogen) atoms. The molecule has 0 aromatic heterocycles. The first kappa shape index (κ1) is 18.1. The smallest absolute Gasteiger partial charge is 0.410 e. The number of esters is 1. The zero-order chi connectivity index (χ0) is 17.9. The Kier molecular flexibility index (Phi) is 5.36. The first-order valence-corrected chi connectivity index (χ1v) is 8.16. The average molecular weight is 335 g/mol. The number of ether oxygens (including phenoxy) is 3. The number of hydrogen-bond acceptors (Lipinski definition) is 5. The van der Waals surface area contributed by atoms with Crippen molar-refractivity contribution in [2.75, 3.05) is 19.8 Å². The SMILES string of the molecule is CCOC(=O)c1ccc2c(c1)C(C)N(C(=O)OC(C)(C)C)CCO2. The normalized spacial score (nSPS) is 17.4. The summed E-state index contributed by atoms with van der Waals surface area (Å²) < 4.78 is 16.2. The van der Waals surface area contributed by atoms with Crippen LogP contribution in [-0.4, -0.2) is 42.3 Å². The number of rotatable bonds is 2. The summed E-state index contributed by atoms with van der Waals surface area (Å²) in [5.74, 6) is 0.280. The number of amides is 1. The highest BCUT2D eigenvalue weighted by atomic mass is 16.6. The van der Waals surface area contributed by atoms with Gasteiger partial charge < -0.3 is 14.2 Å². The summed E-state index contributed by atoms with van der Waals surface area (Å²) in [7, 11) is 0. The van der Waals surface area contributed by atoms with E-state index in [2.05, 4.69) is 0 Å². The van der Waals surface area contributed by atoms with E-state index < -0.39 is 11.7 Å². The van der Waals surface area contributed by atoms with Gasteiger partial charge in [0.05, 0.1) is 24.8 Å². The first-order chi connectivity index (χ1) is 11.2. The summed E-state index contributed by atoms with van der Waals surface area (Å²) >= 11 is 0. The van der Waals surface area contributed by atoms with Crippen molar-refractivity contribution in [1.82, 2.24) is 4.90 Å². The second-order valence-electron chi connectivity index (χ2n) is 6.67. The van der Waals surface area contributed by atoms with Gasteiger partial charge in [0.1, 0.15) is 18.0 Å². The molecule has 132 valence electrons. The van der Waals surface area contributed by atoms with Crippen LogP contribution in [0.4, 0.5) is 4.79 Å². The minimum Gasteiger partial charge on any atom is -0.491 e. The van der Waals surface area contributed by atoms with Gasteiger partial charge in [0, 0.05) is 5.56 Å². The topological polar surface area (TPSA) is 65.1 Å². The van der Waals surface area contributed by atoms with Crippen molar-refractivity contribution in [1.29, 1.82) is 0 Å². The third-order valence-corrected chi connectivity index (χ3v) is 3.66. The Morgan fingerprint density at radius 3 is 2.67 bits per heavy atom. The number of nitrogens with zero attached hydrogens (tertiary/aromatic N) is 1. The Hall–Kier alpha value is -2.24. The van der Waals surface area contributed by atoms with Gasteiger partial charge in [-0.1, -0.05) is 0 Å². The van der Waals surface area contributed by atoms with Gasteiger partial charge in [-0.25, -0.2) is 9.59 Å². The molecule has 1 amide bonds. The molecule has 1 unspecified atom stereocenters. The second kappa shape index (κ2) is 7.11. The van der Waals surface area contributed by atoms with E-state index >= 15 is 0 Å². The highest BCUT2D eigenvalue weighted by Gasteiger charge is 2.31. The van der Waals surface area contributed by atoms with Gasteiger partial charge in [0.15, 0.2) is 0 Å². The van der Waals surface area contributed by atoms with Gasteiger partial charge in [-0.15, -0.1) is 0 Å². The molecule has 1 aromatic carbocycles. The van der Waals surface area contributed by atoms with Crippen molar-refractivity contribution < 1.29 is 23.8 Å². The molecule has 6 heteroatoms. The standard InChI is InChI=1S/C18H25NO5/c1-6-22-16(20)13-7-8-15-14(11-13)12(2)19(9-10-23-15)17(21)24-18(3,4)5/h7-8,11-12H,6,9-10H2,1-5H3. The molecule has 1 aliphatic rings. The van der Waals surface area contributed by atoms with Crippen LogP contribution in [0, 0.1) is 0 Å². The molecular formula is C18H25NO5. The highest BCUT2D eigenvalue weighted by molar-refractivity contribution is 5.90. The fourth-order valence-electron chi connectivity index (χ4n) is 2.53. The second-order valence-corrected chi connectivity index (χ2v) is 6.67. The summed E-state index contributed by atoms with van der Waals surface area (Å²) in [6.45, 7) is 10.2. The predicted octanol–water partition coefficient (Wildman–Crippen LogP) is 3.55. The van der Waals surface area contributed by atoms with Crippen LogP contribution in [0.2, 0.25) is 0 Å². The molecule has 6 nitrogen and oxygen atoms in total. The van der Waals surface area contributed by atoms with Crippen LogP contribution < -0.4 is 4.74 Å². The zero-order valence-corrected chi connectivity index (χ0v) is 14.9. The third-order valence-electron chi connectivity index (χ3n) is 3.66. The van der Waals surface area contributed by atoms with Crippen LogP contribution >= 0.6 is 0 Å². The maximum Gasteiger partial charge on any atom is 0.410 e. The predicted molar refractivity (Wildman–Crippen MR) is 89.2 cm³/mol. The van der Waals surface area contributed by atoms with E-state index in [0.29, 0.717) is 31.1 Å². The van der Waals surface area contributed by atoms with Gasteiger partial charge in [0.25, 0.3) is 0 Å². The molecule has 2 rings (SSSR count). The van der Waals surface area contributed by atoms with Crippen molar-refractivity contribution in [2.24, 2.45) is 0 Å².